The molecule has 4 heteroatoms. The SMILES string of the molecule is Cc1ccc(-n2cnc3cc(C)c(C)cc32)c(C(N)=S)c1. The van der Waals surface area contributed by atoms with Crippen LogP contribution in [0.15, 0.2) is 36.7 Å². The monoisotopic (exact) mass is 295 g/mol. The third kappa shape index (κ3) is 2.32. The number of hydrogen-bond donors (Lipinski definition) is 1. The molecule has 0 fully saturated rings. The summed E-state index contributed by atoms with van der Waals surface area (Å²) in [6.07, 6.45) is 1.83. The smallest absolute Gasteiger partial charge is 0.106 e. The van der Waals surface area contributed by atoms with Crippen LogP contribution in [-0.4, -0.2) is 14.5 Å². The second kappa shape index (κ2) is 4.97. The van der Waals surface area contributed by atoms with Gasteiger partial charge in [0.25, 0.3) is 0 Å². The Kier molecular flexibility index (Phi) is 3.26. The zero-order chi connectivity index (χ0) is 15.1. The van der Waals surface area contributed by atoms with E-state index in [2.05, 4.69) is 41.6 Å². The van der Waals surface area contributed by atoms with Gasteiger partial charge in [0.1, 0.15) is 11.3 Å². The van der Waals surface area contributed by atoms with Crippen LogP contribution in [-0.2, 0) is 0 Å². The van der Waals surface area contributed by atoms with Crippen molar-refractivity contribution < 1.29 is 0 Å². The predicted octanol–water partition coefficient (Wildman–Crippen LogP) is 3.58. The number of nitrogens with two attached hydrogens (primary N) is 1. The molecule has 3 rings (SSSR count). The minimum absolute atomic E-state index is 0.402. The minimum Gasteiger partial charge on any atom is -0.389 e. The minimum atomic E-state index is 0.402. The number of fused-ring (bicyclic) bond motifs is 1. The Hall–Kier alpha value is -2.20. The molecular weight excluding hydrogens is 278 g/mol. The van der Waals surface area contributed by atoms with Gasteiger partial charge in [-0.3, -0.25) is 4.57 Å². The van der Waals surface area contributed by atoms with Gasteiger partial charge in [0.15, 0.2) is 0 Å². The first-order valence-corrected chi connectivity index (χ1v) is 7.23. The zero-order valence-corrected chi connectivity index (χ0v) is 13.2. The number of aryl methyl sites for hydroxylation is 3. The van der Waals surface area contributed by atoms with E-state index < -0.39 is 0 Å². The van der Waals surface area contributed by atoms with Gasteiger partial charge in [-0.1, -0.05) is 23.8 Å². The van der Waals surface area contributed by atoms with E-state index in [1.165, 1.54) is 11.1 Å². The fourth-order valence-electron chi connectivity index (χ4n) is 2.51. The maximum Gasteiger partial charge on any atom is 0.106 e. The predicted molar refractivity (Wildman–Crippen MR) is 91.2 cm³/mol. The first kappa shape index (κ1) is 13.8. The molecule has 0 amide bonds. The molecule has 0 saturated heterocycles. The highest BCUT2D eigenvalue weighted by Crippen LogP contribution is 2.24. The Balaban J connectivity index is 2.31. The molecule has 0 aliphatic heterocycles. The standard InChI is InChI=1S/C17H17N3S/c1-10-4-5-15(13(6-10)17(18)21)20-9-19-14-7-11(2)12(3)8-16(14)20/h4-9H,1-3H3,(H2,18,21). The summed E-state index contributed by atoms with van der Waals surface area (Å²) in [5.74, 6) is 0. The normalized spacial score (nSPS) is 11.0. The topological polar surface area (TPSA) is 43.8 Å². The number of nitrogens with zero attached hydrogens (tertiary/aromatic N) is 2. The average molecular weight is 295 g/mol. The molecule has 21 heavy (non-hydrogen) atoms. The van der Waals surface area contributed by atoms with E-state index in [9.17, 15) is 0 Å². The van der Waals surface area contributed by atoms with E-state index >= 15 is 0 Å². The Morgan fingerprint density at radius 1 is 1.10 bits per heavy atom. The quantitative estimate of drug-likeness (QED) is 0.735. The fourth-order valence-corrected chi connectivity index (χ4v) is 2.68. The maximum absolute atomic E-state index is 5.89. The summed E-state index contributed by atoms with van der Waals surface area (Å²) in [6.45, 7) is 6.24. The van der Waals surface area contributed by atoms with Crippen LogP contribution < -0.4 is 5.73 Å². The van der Waals surface area contributed by atoms with Crippen molar-refractivity contribution in [3.05, 3.63) is 58.9 Å². The van der Waals surface area contributed by atoms with Crippen molar-refractivity contribution in [2.45, 2.75) is 20.8 Å². The van der Waals surface area contributed by atoms with Crippen LogP contribution in [0.25, 0.3) is 16.7 Å². The first-order chi connectivity index (χ1) is 9.97. The van der Waals surface area contributed by atoms with Crippen LogP contribution in [0, 0.1) is 20.8 Å². The van der Waals surface area contributed by atoms with E-state index in [1.807, 2.05) is 25.4 Å². The molecule has 3 aromatic rings. The van der Waals surface area contributed by atoms with Crippen LogP contribution in [0.5, 0.6) is 0 Å². The third-order valence-corrected chi connectivity index (χ3v) is 4.06. The molecular formula is C17H17N3S. The van der Waals surface area contributed by atoms with Crippen molar-refractivity contribution in [1.82, 2.24) is 9.55 Å². The molecule has 0 bridgehead atoms. The highest BCUT2D eigenvalue weighted by Gasteiger charge is 2.12. The van der Waals surface area contributed by atoms with Gasteiger partial charge in [-0.2, -0.15) is 0 Å². The largest absolute Gasteiger partial charge is 0.389 e. The fraction of sp³-hybridized carbons (Fsp3) is 0.176. The Morgan fingerprint density at radius 2 is 1.81 bits per heavy atom. The molecule has 0 aliphatic rings. The molecule has 0 unspecified atom stereocenters. The van der Waals surface area contributed by atoms with Crippen molar-refractivity contribution in [3.63, 3.8) is 0 Å². The molecule has 1 aromatic heterocycles. The lowest BCUT2D eigenvalue weighted by Crippen LogP contribution is -2.13. The highest BCUT2D eigenvalue weighted by atomic mass is 32.1. The summed E-state index contributed by atoms with van der Waals surface area (Å²) in [6, 6.07) is 10.4. The molecule has 3 nitrogen and oxygen atoms in total. The first-order valence-electron chi connectivity index (χ1n) is 6.82. The molecule has 2 N–H and O–H groups in total. The number of thiocarbonyl (C=S) groups is 1. The van der Waals surface area contributed by atoms with Crippen LogP contribution in [0.1, 0.15) is 22.3 Å². The lowest BCUT2D eigenvalue weighted by Gasteiger charge is -2.12. The highest BCUT2D eigenvalue weighted by molar-refractivity contribution is 7.80. The van der Waals surface area contributed by atoms with Gasteiger partial charge < -0.3 is 5.73 Å². The lowest BCUT2D eigenvalue weighted by molar-refractivity contribution is 1.08. The Bertz CT molecular complexity index is 862. The van der Waals surface area contributed by atoms with E-state index in [4.69, 9.17) is 18.0 Å². The van der Waals surface area contributed by atoms with Crippen LogP contribution in [0.2, 0.25) is 0 Å². The second-order valence-corrected chi connectivity index (χ2v) is 5.86. The maximum atomic E-state index is 5.89. The van der Waals surface area contributed by atoms with Gasteiger partial charge in [-0.25, -0.2) is 4.98 Å². The number of benzene rings is 2. The molecule has 1 heterocycles. The molecule has 2 aromatic carbocycles. The van der Waals surface area contributed by atoms with Crippen molar-refractivity contribution in [3.8, 4) is 5.69 Å². The molecule has 0 spiro atoms. The van der Waals surface area contributed by atoms with Gasteiger partial charge in [0.05, 0.1) is 16.7 Å². The van der Waals surface area contributed by atoms with Crippen molar-refractivity contribution in [2.24, 2.45) is 5.73 Å². The molecule has 106 valence electrons. The number of aromatic nitrogens is 2. The summed E-state index contributed by atoms with van der Waals surface area (Å²) >= 11 is 5.20. The van der Waals surface area contributed by atoms with Gasteiger partial charge in [-0.05, 0) is 56.2 Å². The van der Waals surface area contributed by atoms with Crippen molar-refractivity contribution in [1.29, 1.82) is 0 Å². The second-order valence-electron chi connectivity index (χ2n) is 5.42. The average Bonchev–Trinajstić information content (AvgIpc) is 2.82. The summed E-state index contributed by atoms with van der Waals surface area (Å²) < 4.78 is 2.05. The number of rotatable bonds is 2. The van der Waals surface area contributed by atoms with E-state index in [-0.39, 0.29) is 0 Å². The summed E-state index contributed by atoms with van der Waals surface area (Å²) in [7, 11) is 0. The van der Waals surface area contributed by atoms with Gasteiger partial charge in [0, 0.05) is 5.56 Å². The van der Waals surface area contributed by atoms with Crippen molar-refractivity contribution in [2.75, 3.05) is 0 Å². The van der Waals surface area contributed by atoms with Gasteiger partial charge >= 0.3 is 0 Å². The number of hydrogen-bond acceptors (Lipinski definition) is 2. The van der Waals surface area contributed by atoms with Crippen molar-refractivity contribution >= 4 is 28.2 Å². The van der Waals surface area contributed by atoms with Gasteiger partial charge in [-0.15, -0.1) is 0 Å². The molecule has 0 radical (unpaired) electrons. The molecule has 0 atom stereocenters. The van der Waals surface area contributed by atoms with Crippen LogP contribution >= 0.6 is 12.2 Å². The van der Waals surface area contributed by atoms with E-state index in [0.717, 1.165) is 27.8 Å². The zero-order valence-electron chi connectivity index (χ0n) is 12.3. The summed E-state index contributed by atoms with van der Waals surface area (Å²) in [4.78, 5) is 4.90. The van der Waals surface area contributed by atoms with Crippen LogP contribution in [0.3, 0.4) is 0 Å². The summed E-state index contributed by atoms with van der Waals surface area (Å²) in [5, 5.41) is 0. The molecule has 0 aliphatic carbocycles. The van der Waals surface area contributed by atoms with Gasteiger partial charge in [0.2, 0.25) is 0 Å². The lowest BCUT2D eigenvalue weighted by atomic mass is 10.1. The van der Waals surface area contributed by atoms with Crippen LogP contribution in [0.4, 0.5) is 0 Å². The van der Waals surface area contributed by atoms with E-state index in [0.29, 0.717) is 4.99 Å². The Labute approximate surface area is 129 Å². The summed E-state index contributed by atoms with van der Waals surface area (Å²) in [5.41, 5.74) is 13.4. The molecule has 0 saturated carbocycles. The Morgan fingerprint density at radius 3 is 2.52 bits per heavy atom. The van der Waals surface area contributed by atoms with E-state index in [1.54, 1.807) is 0 Å². The number of imidazole rings is 1. The third-order valence-electron chi connectivity index (χ3n) is 3.84.